The molecule has 0 aliphatic rings. The van der Waals surface area contributed by atoms with Crippen LogP contribution in [0.2, 0.25) is 0 Å². The molecule has 0 aromatic heterocycles. The van der Waals surface area contributed by atoms with E-state index in [2.05, 4.69) is 36.4 Å². The highest BCUT2D eigenvalue weighted by atomic mass is 14.6. The highest BCUT2D eigenvalue weighted by molar-refractivity contribution is 6.08. The van der Waals surface area contributed by atoms with Crippen LogP contribution in [0, 0.1) is 6.92 Å². The third-order valence-electron chi connectivity index (χ3n) is 6.36. The monoisotopic (exact) mass is 456 g/mol. The van der Waals surface area contributed by atoms with Gasteiger partial charge in [0.05, 0.1) is 0 Å². The second-order valence-corrected chi connectivity index (χ2v) is 8.80. The van der Waals surface area contributed by atoms with Gasteiger partial charge < -0.3 is 22.9 Å². The van der Waals surface area contributed by atoms with E-state index in [0.717, 1.165) is 50.1 Å². The quantitative estimate of drug-likeness (QED) is 0.219. The molecule has 0 amide bonds. The molecule has 5 aromatic rings. The van der Waals surface area contributed by atoms with Gasteiger partial charge in [0.15, 0.2) is 0 Å². The van der Waals surface area contributed by atoms with E-state index >= 15 is 0 Å². The van der Waals surface area contributed by atoms with Crippen molar-refractivity contribution in [3.8, 4) is 44.5 Å². The number of rotatable bonds is 4. The summed E-state index contributed by atoms with van der Waals surface area (Å²) in [6, 6.07) is 34.1. The van der Waals surface area contributed by atoms with Gasteiger partial charge in [-0.2, -0.15) is 0 Å². The summed E-state index contributed by atoms with van der Waals surface area (Å²) < 4.78 is 0. The predicted molar refractivity (Wildman–Crippen MR) is 151 cm³/mol. The fraction of sp³-hybridized carbons (Fsp3) is 0.0323. The van der Waals surface area contributed by atoms with Gasteiger partial charge in [-0.15, -0.1) is 0 Å². The van der Waals surface area contributed by atoms with Crippen molar-refractivity contribution < 1.29 is 0 Å². The van der Waals surface area contributed by atoms with Crippen molar-refractivity contribution in [2.75, 3.05) is 22.9 Å². The van der Waals surface area contributed by atoms with Crippen molar-refractivity contribution in [3.63, 3.8) is 0 Å². The lowest BCUT2D eigenvalue weighted by atomic mass is 9.82. The van der Waals surface area contributed by atoms with Gasteiger partial charge in [0.25, 0.3) is 0 Å². The van der Waals surface area contributed by atoms with Crippen molar-refractivity contribution in [3.05, 3.63) is 109 Å². The lowest BCUT2D eigenvalue weighted by Gasteiger charge is -2.23. The van der Waals surface area contributed by atoms with Crippen LogP contribution in [-0.4, -0.2) is 0 Å². The molecule has 0 spiro atoms. The smallest absolute Gasteiger partial charge is 0.0480 e. The van der Waals surface area contributed by atoms with E-state index < -0.39 is 0 Å². The van der Waals surface area contributed by atoms with E-state index in [4.69, 9.17) is 22.9 Å². The molecule has 0 fully saturated rings. The molecular formula is C31H28N4. The van der Waals surface area contributed by atoms with Crippen molar-refractivity contribution >= 4 is 22.7 Å². The maximum atomic E-state index is 6.99. The predicted octanol–water partition coefficient (Wildman–Crippen LogP) is 6.99. The fourth-order valence-corrected chi connectivity index (χ4v) is 4.68. The van der Waals surface area contributed by atoms with Crippen molar-refractivity contribution in [1.29, 1.82) is 0 Å². The largest absolute Gasteiger partial charge is 0.399 e. The van der Waals surface area contributed by atoms with Crippen molar-refractivity contribution in [2.45, 2.75) is 6.92 Å². The number of anilines is 4. The number of hydrogen-bond acceptors (Lipinski definition) is 4. The topological polar surface area (TPSA) is 104 Å². The maximum absolute atomic E-state index is 6.99. The van der Waals surface area contributed by atoms with Crippen molar-refractivity contribution in [2.24, 2.45) is 0 Å². The van der Waals surface area contributed by atoms with Crippen LogP contribution in [0.5, 0.6) is 0 Å². The van der Waals surface area contributed by atoms with Crippen LogP contribution in [0.1, 0.15) is 5.56 Å². The molecule has 4 nitrogen and oxygen atoms in total. The van der Waals surface area contributed by atoms with Crippen LogP contribution >= 0.6 is 0 Å². The number of benzene rings is 5. The molecule has 0 aliphatic heterocycles. The summed E-state index contributed by atoms with van der Waals surface area (Å²) in [6.07, 6.45) is 0. The lowest BCUT2D eigenvalue weighted by molar-refractivity contribution is 1.46. The first kappa shape index (κ1) is 22.1. The number of para-hydroxylation sites is 1. The molecule has 0 atom stereocenters. The Labute approximate surface area is 205 Å². The molecule has 0 aliphatic carbocycles. The Bertz CT molecular complexity index is 1540. The van der Waals surface area contributed by atoms with Gasteiger partial charge >= 0.3 is 0 Å². The molecule has 172 valence electrons. The van der Waals surface area contributed by atoms with E-state index in [1.54, 1.807) is 0 Å². The first-order valence-corrected chi connectivity index (χ1v) is 11.5. The zero-order valence-electron chi connectivity index (χ0n) is 19.6. The first-order valence-electron chi connectivity index (χ1n) is 11.5. The van der Waals surface area contributed by atoms with E-state index in [1.807, 2.05) is 73.7 Å². The van der Waals surface area contributed by atoms with E-state index in [1.165, 1.54) is 0 Å². The molecule has 5 rings (SSSR count). The maximum Gasteiger partial charge on any atom is 0.0480 e. The third-order valence-corrected chi connectivity index (χ3v) is 6.36. The summed E-state index contributed by atoms with van der Waals surface area (Å²) in [4.78, 5) is 0. The Hall–Kier alpha value is -4.70. The molecule has 0 heterocycles. The number of nitrogens with two attached hydrogens (primary N) is 4. The van der Waals surface area contributed by atoms with Crippen LogP contribution in [0.15, 0.2) is 103 Å². The van der Waals surface area contributed by atoms with Crippen LogP contribution in [0.4, 0.5) is 22.7 Å². The summed E-state index contributed by atoms with van der Waals surface area (Å²) in [5.41, 5.74) is 37.6. The number of aryl methyl sites for hydroxylation is 1. The van der Waals surface area contributed by atoms with Gasteiger partial charge in [-0.25, -0.2) is 0 Å². The third kappa shape index (κ3) is 4.06. The van der Waals surface area contributed by atoms with Gasteiger partial charge in [-0.05, 0) is 59.5 Å². The Balaban J connectivity index is 1.99. The molecule has 0 radical (unpaired) electrons. The number of nitrogen functional groups attached to an aromatic ring is 4. The van der Waals surface area contributed by atoms with E-state index in [-0.39, 0.29) is 0 Å². The Morgan fingerprint density at radius 1 is 0.457 bits per heavy atom. The molecule has 35 heavy (non-hydrogen) atoms. The molecule has 0 saturated carbocycles. The van der Waals surface area contributed by atoms with Crippen LogP contribution in [0.3, 0.4) is 0 Å². The normalized spacial score (nSPS) is 10.9. The molecule has 4 heteroatoms. The Kier molecular flexibility index (Phi) is 5.63. The Morgan fingerprint density at radius 2 is 1.14 bits per heavy atom. The van der Waals surface area contributed by atoms with Gasteiger partial charge in [-0.1, -0.05) is 72.8 Å². The first-order chi connectivity index (χ1) is 16.9. The lowest BCUT2D eigenvalue weighted by Crippen LogP contribution is -2.03. The molecule has 5 aromatic carbocycles. The average Bonchev–Trinajstić information content (AvgIpc) is 2.85. The average molecular weight is 457 g/mol. The minimum Gasteiger partial charge on any atom is -0.399 e. The van der Waals surface area contributed by atoms with Crippen molar-refractivity contribution in [1.82, 2.24) is 0 Å². The second kappa shape index (κ2) is 8.92. The molecule has 0 bridgehead atoms. The number of hydrogen-bond donors (Lipinski definition) is 4. The summed E-state index contributed by atoms with van der Waals surface area (Å²) in [5.74, 6) is 0. The van der Waals surface area contributed by atoms with Crippen LogP contribution in [-0.2, 0) is 0 Å². The molecular weight excluding hydrogens is 428 g/mol. The summed E-state index contributed by atoms with van der Waals surface area (Å²) in [7, 11) is 0. The molecule has 8 N–H and O–H groups in total. The van der Waals surface area contributed by atoms with Gasteiger partial charge in [0, 0.05) is 50.6 Å². The Morgan fingerprint density at radius 3 is 1.86 bits per heavy atom. The minimum absolute atomic E-state index is 0.648. The molecule has 0 saturated heterocycles. The zero-order chi connectivity index (χ0) is 24.5. The second-order valence-electron chi connectivity index (χ2n) is 8.80. The van der Waals surface area contributed by atoms with Crippen LogP contribution < -0.4 is 22.9 Å². The minimum atomic E-state index is 0.648. The summed E-state index contributed by atoms with van der Waals surface area (Å²) in [5, 5.41) is 0. The van der Waals surface area contributed by atoms with E-state index in [0.29, 0.717) is 22.7 Å². The van der Waals surface area contributed by atoms with Crippen LogP contribution in [0.25, 0.3) is 44.5 Å². The van der Waals surface area contributed by atoms with E-state index in [9.17, 15) is 0 Å². The fourth-order valence-electron chi connectivity index (χ4n) is 4.68. The highest BCUT2D eigenvalue weighted by Gasteiger charge is 2.23. The van der Waals surface area contributed by atoms with Gasteiger partial charge in [-0.3, -0.25) is 0 Å². The van der Waals surface area contributed by atoms with Gasteiger partial charge in [0.1, 0.15) is 0 Å². The standard InChI is InChI=1S/C31H28N4/c1-19-14-15-24(28(34)16-19)29-25(21-10-7-11-22(32)17-21)18-26(20-8-3-2-4-9-20)31(35)30(29)23-12-5-6-13-27(23)33/h2-18H,32-35H2,1H3. The zero-order valence-corrected chi connectivity index (χ0v) is 19.6. The highest BCUT2D eigenvalue weighted by Crippen LogP contribution is 2.50. The molecule has 0 unspecified atom stereocenters. The van der Waals surface area contributed by atoms with Gasteiger partial charge in [0.2, 0.25) is 0 Å². The summed E-state index contributed by atoms with van der Waals surface area (Å²) in [6.45, 7) is 2.03. The summed E-state index contributed by atoms with van der Waals surface area (Å²) >= 11 is 0. The SMILES string of the molecule is Cc1ccc(-c2c(-c3cccc(N)c3)cc(-c3ccccc3)c(N)c2-c2ccccc2N)c(N)c1.